The highest BCUT2D eigenvalue weighted by Crippen LogP contribution is 2.32. The SMILES string of the molecule is CCN1C(=O)C(=CC=Cc2ccccc2)SC1=Nc1ccc(C(=O)O)cc1. The molecule has 136 valence electrons. The van der Waals surface area contributed by atoms with Crippen LogP contribution in [-0.2, 0) is 4.79 Å². The van der Waals surface area contributed by atoms with Gasteiger partial charge in [0.2, 0.25) is 0 Å². The highest BCUT2D eigenvalue weighted by molar-refractivity contribution is 8.18. The zero-order chi connectivity index (χ0) is 19.2. The Hall–Kier alpha value is -3.12. The van der Waals surface area contributed by atoms with Crippen molar-refractivity contribution < 1.29 is 14.7 Å². The van der Waals surface area contributed by atoms with E-state index in [4.69, 9.17) is 5.11 Å². The van der Waals surface area contributed by atoms with Gasteiger partial charge in [0, 0.05) is 6.54 Å². The van der Waals surface area contributed by atoms with E-state index in [0.717, 1.165) is 5.56 Å². The Labute approximate surface area is 161 Å². The zero-order valence-electron chi connectivity index (χ0n) is 14.7. The Balaban J connectivity index is 1.80. The van der Waals surface area contributed by atoms with Gasteiger partial charge in [0.25, 0.3) is 5.91 Å². The van der Waals surface area contributed by atoms with E-state index in [-0.39, 0.29) is 11.5 Å². The average molecular weight is 378 g/mol. The molecule has 1 fully saturated rings. The zero-order valence-corrected chi connectivity index (χ0v) is 15.5. The molecule has 0 spiro atoms. The minimum atomic E-state index is -0.981. The van der Waals surface area contributed by atoms with E-state index in [1.54, 1.807) is 23.1 Å². The Bertz CT molecular complexity index is 932. The van der Waals surface area contributed by atoms with Gasteiger partial charge in [0.15, 0.2) is 5.17 Å². The summed E-state index contributed by atoms with van der Waals surface area (Å²) in [6, 6.07) is 16.1. The van der Waals surface area contributed by atoms with Crippen molar-refractivity contribution in [3.8, 4) is 0 Å². The second-order valence-corrected chi connectivity index (χ2v) is 6.71. The number of hydrogen-bond acceptors (Lipinski definition) is 4. The molecule has 1 N–H and O–H groups in total. The second kappa shape index (κ2) is 8.51. The summed E-state index contributed by atoms with van der Waals surface area (Å²) >= 11 is 1.31. The van der Waals surface area contributed by atoms with Gasteiger partial charge in [-0.3, -0.25) is 9.69 Å². The number of thioether (sulfide) groups is 1. The largest absolute Gasteiger partial charge is 0.478 e. The molecular weight excluding hydrogens is 360 g/mol. The third kappa shape index (κ3) is 4.54. The van der Waals surface area contributed by atoms with Crippen molar-refractivity contribution in [1.82, 2.24) is 4.90 Å². The molecule has 0 aromatic heterocycles. The number of aliphatic imine (C=N–C) groups is 1. The number of nitrogens with zero attached hydrogens (tertiary/aromatic N) is 2. The van der Waals surface area contributed by atoms with Crippen LogP contribution < -0.4 is 0 Å². The molecule has 27 heavy (non-hydrogen) atoms. The summed E-state index contributed by atoms with van der Waals surface area (Å²) in [6.45, 7) is 2.40. The van der Waals surface area contributed by atoms with Crippen LogP contribution in [0.2, 0.25) is 0 Å². The first-order chi connectivity index (χ1) is 13.1. The molecule has 0 aliphatic carbocycles. The van der Waals surface area contributed by atoms with E-state index >= 15 is 0 Å². The lowest BCUT2D eigenvalue weighted by molar-refractivity contribution is -0.122. The van der Waals surface area contributed by atoms with Gasteiger partial charge in [-0.2, -0.15) is 0 Å². The molecule has 6 heteroatoms. The molecule has 1 amide bonds. The number of amides is 1. The lowest BCUT2D eigenvalue weighted by atomic mass is 10.2. The number of hydrogen-bond donors (Lipinski definition) is 1. The normalized spacial score (nSPS) is 17.4. The number of rotatable bonds is 5. The third-order valence-electron chi connectivity index (χ3n) is 3.88. The maximum absolute atomic E-state index is 12.6. The van der Waals surface area contributed by atoms with E-state index in [2.05, 4.69) is 4.99 Å². The van der Waals surface area contributed by atoms with Gasteiger partial charge in [-0.1, -0.05) is 42.5 Å². The molecule has 1 aliphatic heterocycles. The number of carboxylic acids is 1. The Morgan fingerprint density at radius 2 is 1.85 bits per heavy atom. The van der Waals surface area contributed by atoms with Gasteiger partial charge < -0.3 is 5.11 Å². The highest BCUT2D eigenvalue weighted by atomic mass is 32.2. The third-order valence-corrected chi connectivity index (χ3v) is 4.90. The molecule has 2 aromatic rings. The number of likely N-dealkylation sites (N-methyl/N-ethyl adjacent to an activating group) is 1. The van der Waals surface area contributed by atoms with Crippen LogP contribution in [0, 0.1) is 0 Å². The van der Waals surface area contributed by atoms with Crippen LogP contribution in [0.5, 0.6) is 0 Å². The van der Waals surface area contributed by atoms with Gasteiger partial charge >= 0.3 is 5.97 Å². The first kappa shape index (κ1) is 18.7. The van der Waals surface area contributed by atoms with Crippen LogP contribution in [0.4, 0.5) is 5.69 Å². The number of amidine groups is 1. The summed E-state index contributed by atoms with van der Waals surface area (Å²) in [5.74, 6) is -1.06. The summed E-state index contributed by atoms with van der Waals surface area (Å²) < 4.78 is 0. The van der Waals surface area contributed by atoms with Crippen LogP contribution >= 0.6 is 11.8 Å². The summed E-state index contributed by atoms with van der Waals surface area (Å²) in [6.07, 6.45) is 5.59. The fourth-order valence-electron chi connectivity index (χ4n) is 2.48. The summed E-state index contributed by atoms with van der Waals surface area (Å²) in [5.41, 5.74) is 1.87. The Morgan fingerprint density at radius 1 is 1.15 bits per heavy atom. The molecule has 1 aliphatic rings. The number of carbonyl (C=O) groups excluding carboxylic acids is 1. The number of allylic oxidation sites excluding steroid dienone is 2. The van der Waals surface area contributed by atoms with Crippen molar-refractivity contribution >= 4 is 40.6 Å². The van der Waals surface area contributed by atoms with E-state index in [1.165, 1.54) is 23.9 Å². The van der Waals surface area contributed by atoms with Crippen molar-refractivity contribution in [2.75, 3.05) is 6.54 Å². The van der Waals surface area contributed by atoms with Crippen LogP contribution in [0.3, 0.4) is 0 Å². The Morgan fingerprint density at radius 3 is 2.48 bits per heavy atom. The van der Waals surface area contributed by atoms with Crippen molar-refractivity contribution in [2.24, 2.45) is 4.99 Å². The molecule has 1 heterocycles. The Kier molecular flexibility index (Phi) is 5.88. The van der Waals surface area contributed by atoms with Crippen LogP contribution in [0.25, 0.3) is 6.08 Å². The summed E-state index contributed by atoms with van der Waals surface area (Å²) in [4.78, 5) is 30.2. The quantitative estimate of drug-likeness (QED) is 0.774. The molecule has 1 saturated heterocycles. The van der Waals surface area contributed by atoms with Gasteiger partial charge in [-0.05, 0) is 54.6 Å². The fraction of sp³-hybridized carbons (Fsp3) is 0.0952. The standard InChI is InChI=1S/C21H18N2O3S/c1-2-23-19(24)18(10-6-9-15-7-4-3-5-8-15)27-21(23)22-17-13-11-16(12-14-17)20(25)26/h3-14H,2H2,1H3,(H,25,26). The molecule has 0 atom stereocenters. The minimum Gasteiger partial charge on any atom is -0.478 e. The average Bonchev–Trinajstić information content (AvgIpc) is 2.97. The molecule has 3 rings (SSSR count). The smallest absolute Gasteiger partial charge is 0.335 e. The van der Waals surface area contributed by atoms with E-state index in [9.17, 15) is 9.59 Å². The van der Waals surface area contributed by atoms with Crippen molar-refractivity contribution in [2.45, 2.75) is 6.92 Å². The van der Waals surface area contributed by atoms with Crippen molar-refractivity contribution in [3.63, 3.8) is 0 Å². The number of carboxylic acid groups (broad SMARTS) is 1. The van der Waals surface area contributed by atoms with Gasteiger partial charge in [0.1, 0.15) is 0 Å². The van der Waals surface area contributed by atoms with Crippen LogP contribution in [0.1, 0.15) is 22.8 Å². The number of aromatic carboxylic acids is 1. The molecular formula is C21H18N2O3S. The molecule has 2 aromatic carbocycles. The monoisotopic (exact) mass is 378 g/mol. The molecule has 0 radical (unpaired) electrons. The van der Waals surface area contributed by atoms with E-state index in [1.807, 2.05) is 49.4 Å². The van der Waals surface area contributed by atoms with Crippen LogP contribution in [-0.4, -0.2) is 33.6 Å². The van der Waals surface area contributed by atoms with Gasteiger partial charge in [0.05, 0.1) is 16.2 Å². The lowest BCUT2D eigenvalue weighted by Gasteiger charge is -2.11. The predicted molar refractivity (Wildman–Crippen MR) is 109 cm³/mol. The molecule has 0 bridgehead atoms. The van der Waals surface area contributed by atoms with Crippen LogP contribution in [0.15, 0.2) is 76.6 Å². The predicted octanol–water partition coefficient (Wildman–Crippen LogP) is 4.56. The van der Waals surface area contributed by atoms with E-state index in [0.29, 0.717) is 22.3 Å². The van der Waals surface area contributed by atoms with E-state index < -0.39 is 5.97 Å². The topological polar surface area (TPSA) is 70.0 Å². The summed E-state index contributed by atoms with van der Waals surface area (Å²) in [7, 11) is 0. The minimum absolute atomic E-state index is 0.0823. The van der Waals surface area contributed by atoms with Crippen molar-refractivity contribution in [3.05, 3.63) is 82.8 Å². The summed E-state index contributed by atoms with van der Waals surface area (Å²) in [5, 5.41) is 9.56. The number of benzene rings is 2. The molecule has 0 unspecified atom stereocenters. The first-order valence-corrected chi connectivity index (χ1v) is 9.25. The van der Waals surface area contributed by atoms with Gasteiger partial charge in [-0.15, -0.1) is 0 Å². The second-order valence-electron chi connectivity index (χ2n) is 5.70. The molecule has 5 nitrogen and oxygen atoms in total. The van der Waals surface area contributed by atoms with Crippen molar-refractivity contribution in [1.29, 1.82) is 0 Å². The fourth-order valence-corrected chi connectivity index (χ4v) is 3.50. The maximum atomic E-state index is 12.6. The maximum Gasteiger partial charge on any atom is 0.335 e. The number of carbonyl (C=O) groups is 2. The van der Waals surface area contributed by atoms with Gasteiger partial charge in [-0.25, -0.2) is 9.79 Å². The highest BCUT2D eigenvalue weighted by Gasteiger charge is 2.31. The molecule has 0 saturated carbocycles. The first-order valence-electron chi connectivity index (χ1n) is 8.43. The lowest BCUT2D eigenvalue weighted by Crippen LogP contribution is -2.28.